The molecule has 2 saturated heterocycles. The number of hydrogen-bond acceptors (Lipinski definition) is 8. The Morgan fingerprint density at radius 1 is 0.625 bits per heavy atom. The summed E-state index contributed by atoms with van der Waals surface area (Å²) in [5, 5.41) is 23.5. The molecule has 144 valence electrons. The molecule has 2 heterocycles. The van der Waals surface area contributed by atoms with E-state index in [0.717, 1.165) is 78.7 Å². The summed E-state index contributed by atoms with van der Waals surface area (Å²) in [6.07, 6.45) is 0. The van der Waals surface area contributed by atoms with Crippen molar-refractivity contribution in [3.05, 3.63) is 0 Å². The van der Waals surface area contributed by atoms with E-state index in [2.05, 4.69) is 20.4 Å². The van der Waals surface area contributed by atoms with Crippen molar-refractivity contribution in [2.75, 3.05) is 105 Å². The summed E-state index contributed by atoms with van der Waals surface area (Å²) in [6.45, 7) is 13.4. The molecule has 0 radical (unpaired) electrons. The fourth-order valence-corrected chi connectivity index (χ4v) is 2.59. The van der Waals surface area contributed by atoms with E-state index in [0.29, 0.717) is 13.2 Å². The molecule has 0 atom stereocenters. The molecule has 0 spiro atoms. The highest BCUT2D eigenvalue weighted by atomic mass is 16.5. The summed E-state index contributed by atoms with van der Waals surface area (Å²) in [7, 11) is 0. The van der Waals surface area contributed by atoms with Crippen LogP contribution in [0, 0.1) is 0 Å². The molecule has 0 aliphatic carbocycles. The van der Waals surface area contributed by atoms with Gasteiger partial charge in [0.15, 0.2) is 0 Å². The maximum absolute atomic E-state index is 8.45. The highest BCUT2D eigenvalue weighted by Crippen LogP contribution is 1.92. The van der Waals surface area contributed by atoms with Gasteiger partial charge in [0.05, 0.1) is 39.6 Å². The zero-order valence-corrected chi connectivity index (χ0v) is 14.9. The van der Waals surface area contributed by atoms with Crippen molar-refractivity contribution >= 4 is 0 Å². The second-order valence-corrected chi connectivity index (χ2v) is 5.86. The topological polar surface area (TPSA) is 89.5 Å². The third kappa shape index (κ3) is 12.1. The Labute approximate surface area is 146 Å². The molecular formula is C16H36N4O4. The Morgan fingerprint density at radius 2 is 1.00 bits per heavy atom. The molecule has 2 rings (SSSR count). The quantitative estimate of drug-likeness (QED) is 0.331. The van der Waals surface area contributed by atoms with Crippen LogP contribution in [0.4, 0.5) is 0 Å². The van der Waals surface area contributed by atoms with Gasteiger partial charge in [0, 0.05) is 65.4 Å². The normalized spacial score (nSPS) is 19.8. The van der Waals surface area contributed by atoms with Crippen molar-refractivity contribution < 1.29 is 19.7 Å². The lowest BCUT2D eigenvalue weighted by atomic mass is 10.4. The van der Waals surface area contributed by atoms with Crippen LogP contribution in [0.5, 0.6) is 0 Å². The summed E-state index contributed by atoms with van der Waals surface area (Å²) < 4.78 is 10.3. The van der Waals surface area contributed by atoms with Gasteiger partial charge in [-0.25, -0.2) is 0 Å². The molecule has 2 aliphatic heterocycles. The summed E-state index contributed by atoms with van der Waals surface area (Å²) in [5.41, 5.74) is 0. The van der Waals surface area contributed by atoms with Crippen LogP contribution in [0.1, 0.15) is 0 Å². The Hall–Kier alpha value is -0.320. The molecular weight excluding hydrogens is 312 g/mol. The molecule has 2 fully saturated rings. The average molecular weight is 348 g/mol. The Kier molecular flexibility index (Phi) is 14.6. The zero-order chi connectivity index (χ0) is 17.3. The number of hydrogen-bond donors (Lipinski definition) is 4. The molecule has 8 nitrogen and oxygen atoms in total. The van der Waals surface area contributed by atoms with Crippen LogP contribution in [0.3, 0.4) is 0 Å². The van der Waals surface area contributed by atoms with E-state index in [4.69, 9.17) is 19.7 Å². The van der Waals surface area contributed by atoms with Gasteiger partial charge in [-0.3, -0.25) is 9.80 Å². The van der Waals surface area contributed by atoms with Crippen molar-refractivity contribution in [2.24, 2.45) is 0 Å². The van der Waals surface area contributed by atoms with Crippen LogP contribution in [0.2, 0.25) is 0 Å². The zero-order valence-electron chi connectivity index (χ0n) is 14.9. The van der Waals surface area contributed by atoms with Crippen LogP contribution in [0.15, 0.2) is 0 Å². The lowest BCUT2D eigenvalue weighted by Gasteiger charge is -2.26. The first-order valence-electron chi connectivity index (χ1n) is 9.10. The number of rotatable bonds is 10. The molecule has 0 bridgehead atoms. The van der Waals surface area contributed by atoms with Crippen molar-refractivity contribution in [2.45, 2.75) is 0 Å². The van der Waals surface area contributed by atoms with Crippen LogP contribution >= 0.6 is 0 Å². The second kappa shape index (κ2) is 16.2. The van der Waals surface area contributed by atoms with E-state index in [1.165, 1.54) is 0 Å². The van der Waals surface area contributed by atoms with E-state index < -0.39 is 0 Å². The number of aliphatic hydroxyl groups is 2. The minimum Gasteiger partial charge on any atom is -0.394 e. The molecule has 0 aromatic rings. The van der Waals surface area contributed by atoms with Crippen molar-refractivity contribution in [3.63, 3.8) is 0 Å². The van der Waals surface area contributed by atoms with Crippen molar-refractivity contribution in [3.8, 4) is 0 Å². The van der Waals surface area contributed by atoms with Crippen LogP contribution in [0.25, 0.3) is 0 Å². The molecule has 0 amide bonds. The first-order valence-corrected chi connectivity index (χ1v) is 9.10. The molecule has 0 unspecified atom stereocenters. The maximum Gasteiger partial charge on any atom is 0.0698 e. The molecule has 0 aromatic carbocycles. The Bertz CT molecular complexity index is 236. The maximum atomic E-state index is 8.45. The third-order valence-electron chi connectivity index (χ3n) is 3.99. The van der Waals surface area contributed by atoms with Gasteiger partial charge < -0.3 is 30.3 Å². The van der Waals surface area contributed by atoms with Crippen LogP contribution < -0.4 is 10.6 Å². The monoisotopic (exact) mass is 348 g/mol. The van der Waals surface area contributed by atoms with E-state index in [-0.39, 0.29) is 13.2 Å². The summed E-state index contributed by atoms with van der Waals surface area (Å²) >= 11 is 0. The standard InChI is InChI=1S/2C8H18N2O2/c2*11-6-8-12-7-5-10-3-1-9-2-4-10/h2*9,11H,1-8H2. The summed E-state index contributed by atoms with van der Waals surface area (Å²) in [5.74, 6) is 0. The largest absolute Gasteiger partial charge is 0.394 e. The molecule has 0 aromatic heterocycles. The number of nitrogens with one attached hydrogen (secondary N) is 2. The second-order valence-electron chi connectivity index (χ2n) is 5.86. The van der Waals surface area contributed by atoms with Crippen molar-refractivity contribution in [1.82, 2.24) is 20.4 Å². The van der Waals surface area contributed by atoms with E-state index >= 15 is 0 Å². The van der Waals surface area contributed by atoms with E-state index in [1.54, 1.807) is 0 Å². The lowest BCUT2D eigenvalue weighted by Crippen LogP contribution is -2.44. The van der Waals surface area contributed by atoms with E-state index in [9.17, 15) is 0 Å². The predicted molar refractivity (Wildman–Crippen MR) is 94.4 cm³/mol. The fraction of sp³-hybridized carbons (Fsp3) is 1.00. The van der Waals surface area contributed by atoms with Gasteiger partial charge in [0.25, 0.3) is 0 Å². The number of aliphatic hydroxyl groups excluding tert-OH is 2. The van der Waals surface area contributed by atoms with Crippen molar-refractivity contribution in [1.29, 1.82) is 0 Å². The highest BCUT2D eigenvalue weighted by Gasteiger charge is 2.08. The van der Waals surface area contributed by atoms with Gasteiger partial charge in [-0.15, -0.1) is 0 Å². The van der Waals surface area contributed by atoms with Gasteiger partial charge in [0.1, 0.15) is 0 Å². The molecule has 0 saturated carbocycles. The van der Waals surface area contributed by atoms with Gasteiger partial charge in [-0.1, -0.05) is 0 Å². The molecule has 24 heavy (non-hydrogen) atoms. The van der Waals surface area contributed by atoms with Gasteiger partial charge in [-0.2, -0.15) is 0 Å². The van der Waals surface area contributed by atoms with E-state index in [1.807, 2.05) is 0 Å². The first-order chi connectivity index (χ1) is 11.9. The number of ether oxygens (including phenoxy) is 2. The number of nitrogens with zero attached hydrogens (tertiary/aromatic N) is 2. The molecule has 8 heteroatoms. The van der Waals surface area contributed by atoms with Gasteiger partial charge >= 0.3 is 0 Å². The predicted octanol–water partition coefficient (Wildman–Crippen LogP) is -2.20. The lowest BCUT2D eigenvalue weighted by molar-refractivity contribution is 0.0710. The Morgan fingerprint density at radius 3 is 1.33 bits per heavy atom. The summed E-state index contributed by atoms with van der Waals surface area (Å²) in [6, 6.07) is 0. The Balaban J connectivity index is 0.000000240. The molecule has 4 N–H and O–H groups in total. The first kappa shape index (κ1) is 21.7. The summed E-state index contributed by atoms with van der Waals surface area (Å²) in [4.78, 5) is 4.74. The minimum atomic E-state index is 0.127. The third-order valence-corrected chi connectivity index (χ3v) is 3.99. The van der Waals surface area contributed by atoms with Crippen LogP contribution in [-0.2, 0) is 9.47 Å². The molecule has 2 aliphatic rings. The van der Waals surface area contributed by atoms with Gasteiger partial charge in [-0.05, 0) is 0 Å². The smallest absolute Gasteiger partial charge is 0.0698 e. The highest BCUT2D eigenvalue weighted by molar-refractivity contribution is 4.67. The SMILES string of the molecule is OCCOCCN1CCNCC1.OCCOCCN1CCNCC1. The van der Waals surface area contributed by atoms with Crippen LogP contribution in [-0.4, -0.2) is 125 Å². The fourth-order valence-electron chi connectivity index (χ4n) is 2.59. The average Bonchev–Trinajstić information content (AvgIpc) is 2.65. The minimum absolute atomic E-state index is 0.127. The van der Waals surface area contributed by atoms with Gasteiger partial charge in [0.2, 0.25) is 0 Å². The number of piperazine rings is 2.